The van der Waals surface area contributed by atoms with Crippen LogP contribution in [0.1, 0.15) is 13.8 Å². The summed E-state index contributed by atoms with van der Waals surface area (Å²) < 4.78 is 1.88. The molecule has 0 aliphatic rings. The van der Waals surface area contributed by atoms with Crippen LogP contribution in [0.3, 0.4) is 0 Å². The maximum atomic E-state index is 12.1. The third kappa shape index (κ3) is 3.49. The van der Waals surface area contributed by atoms with Crippen LogP contribution in [0.2, 0.25) is 5.15 Å². The monoisotopic (exact) mass is 311 g/mol. The number of rotatable bonds is 5. The van der Waals surface area contributed by atoms with Crippen LogP contribution < -0.4 is 5.32 Å². The van der Waals surface area contributed by atoms with Crippen molar-refractivity contribution in [3.8, 4) is 0 Å². The molecule has 6 nitrogen and oxygen atoms in total. The highest BCUT2D eigenvalue weighted by Gasteiger charge is 2.18. The smallest absolute Gasteiger partial charge is 0.237 e. The third-order valence-corrected chi connectivity index (χ3v) is 3.98. The van der Waals surface area contributed by atoms with E-state index in [2.05, 4.69) is 20.5 Å². The second kappa shape index (κ2) is 6.71. The van der Waals surface area contributed by atoms with Crippen LogP contribution in [0.25, 0.3) is 0 Å². The summed E-state index contributed by atoms with van der Waals surface area (Å²) in [6.07, 6.45) is 3.21. The van der Waals surface area contributed by atoms with E-state index in [0.29, 0.717) is 10.8 Å². The average molecular weight is 312 g/mol. The molecule has 2 heterocycles. The van der Waals surface area contributed by atoms with Gasteiger partial charge in [-0.3, -0.25) is 4.79 Å². The Morgan fingerprint density at radius 3 is 3.10 bits per heavy atom. The standard InChI is InChI=1S/C12H14ClN5OS/c1-3-18-7-15-17-12(18)20-8(2)11(19)16-9-5-4-6-14-10(9)13/h4-8H,3H2,1-2H3,(H,16,19)/t8-/m1/s1. The van der Waals surface area contributed by atoms with Gasteiger partial charge in [-0.25, -0.2) is 4.98 Å². The first-order valence-corrected chi connectivity index (χ1v) is 7.33. The van der Waals surface area contributed by atoms with Gasteiger partial charge >= 0.3 is 0 Å². The lowest BCUT2D eigenvalue weighted by Gasteiger charge is -2.12. The van der Waals surface area contributed by atoms with Gasteiger partial charge in [-0.15, -0.1) is 10.2 Å². The van der Waals surface area contributed by atoms with Gasteiger partial charge in [0.2, 0.25) is 5.91 Å². The minimum absolute atomic E-state index is 0.157. The summed E-state index contributed by atoms with van der Waals surface area (Å²) in [5.74, 6) is -0.157. The fourth-order valence-electron chi connectivity index (χ4n) is 1.48. The largest absolute Gasteiger partial charge is 0.322 e. The Kier molecular flexibility index (Phi) is 4.97. The van der Waals surface area contributed by atoms with Crippen LogP contribution >= 0.6 is 23.4 Å². The number of anilines is 1. The number of carbonyl (C=O) groups is 1. The Balaban J connectivity index is 2.01. The number of nitrogens with zero attached hydrogens (tertiary/aromatic N) is 4. The van der Waals surface area contributed by atoms with Crippen molar-refractivity contribution in [3.05, 3.63) is 29.8 Å². The van der Waals surface area contributed by atoms with Crippen molar-refractivity contribution in [3.63, 3.8) is 0 Å². The highest BCUT2D eigenvalue weighted by molar-refractivity contribution is 8.00. The van der Waals surface area contributed by atoms with Crippen LogP contribution in [-0.4, -0.2) is 30.9 Å². The molecule has 2 aromatic heterocycles. The number of thioether (sulfide) groups is 1. The van der Waals surface area contributed by atoms with E-state index in [9.17, 15) is 4.79 Å². The average Bonchev–Trinajstić information content (AvgIpc) is 2.88. The Morgan fingerprint density at radius 2 is 2.40 bits per heavy atom. The highest BCUT2D eigenvalue weighted by atomic mass is 35.5. The first-order chi connectivity index (χ1) is 9.61. The number of hydrogen-bond acceptors (Lipinski definition) is 5. The summed E-state index contributed by atoms with van der Waals surface area (Å²) in [6, 6.07) is 3.42. The van der Waals surface area contributed by atoms with E-state index in [1.807, 2.05) is 11.5 Å². The number of carbonyl (C=O) groups excluding carboxylic acids is 1. The van der Waals surface area contributed by atoms with Gasteiger partial charge < -0.3 is 9.88 Å². The van der Waals surface area contributed by atoms with Crippen LogP contribution in [0.4, 0.5) is 5.69 Å². The molecule has 1 amide bonds. The van der Waals surface area contributed by atoms with Gasteiger partial charge in [-0.2, -0.15) is 0 Å². The second-order valence-corrected chi connectivity index (χ2v) is 5.66. The highest BCUT2D eigenvalue weighted by Crippen LogP contribution is 2.23. The topological polar surface area (TPSA) is 72.7 Å². The van der Waals surface area contributed by atoms with E-state index in [-0.39, 0.29) is 16.3 Å². The van der Waals surface area contributed by atoms with Crippen molar-refractivity contribution in [2.24, 2.45) is 0 Å². The van der Waals surface area contributed by atoms with E-state index in [1.54, 1.807) is 31.6 Å². The van der Waals surface area contributed by atoms with E-state index >= 15 is 0 Å². The number of pyridine rings is 1. The van der Waals surface area contributed by atoms with Gasteiger partial charge in [0.1, 0.15) is 6.33 Å². The molecular formula is C12H14ClN5OS. The summed E-state index contributed by atoms with van der Waals surface area (Å²) in [4.78, 5) is 16.0. The predicted molar refractivity (Wildman–Crippen MR) is 78.9 cm³/mol. The van der Waals surface area contributed by atoms with Crippen LogP contribution in [-0.2, 0) is 11.3 Å². The third-order valence-electron chi connectivity index (χ3n) is 2.59. The number of nitrogens with one attached hydrogen (secondary N) is 1. The molecule has 0 fully saturated rings. The molecule has 2 rings (SSSR count). The van der Waals surface area contributed by atoms with Crippen LogP contribution in [0, 0.1) is 0 Å². The molecule has 20 heavy (non-hydrogen) atoms. The van der Waals surface area contributed by atoms with Gasteiger partial charge in [0.25, 0.3) is 0 Å². The van der Waals surface area contributed by atoms with Gasteiger partial charge in [0, 0.05) is 12.7 Å². The molecule has 0 aliphatic carbocycles. The maximum absolute atomic E-state index is 12.1. The quantitative estimate of drug-likeness (QED) is 0.678. The van der Waals surface area contributed by atoms with E-state index in [4.69, 9.17) is 11.6 Å². The maximum Gasteiger partial charge on any atom is 0.237 e. The fourth-order valence-corrected chi connectivity index (χ4v) is 2.53. The molecule has 0 saturated heterocycles. The minimum atomic E-state index is -0.319. The molecular weight excluding hydrogens is 298 g/mol. The Hall–Kier alpha value is -1.60. The number of aryl methyl sites for hydroxylation is 1. The molecule has 0 unspecified atom stereocenters. The van der Waals surface area contributed by atoms with Crippen molar-refractivity contribution in [2.45, 2.75) is 30.8 Å². The van der Waals surface area contributed by atoms with E-state index in [1.165, 1.54) is 11.8 Å². The first-order valence-electron chi connectivity index (χ1n) is 6.07. The van der Waals surface area contributed by atoms with Gasteiger partial charge in [-0.05, 0) is 26.0 Å². The molecule has 0 spiro atoms. The summed E-state index contributed by atoms with van der Waals surface area (Å²) in [7, 11) is 0. The molecule has 106 valence electrons. The molecule has 1 N–H and O–H groups in total. The van der Waals surface area contributed by atoms with E-state index < -0.39 is 0 Å². The van der Waals surface area contributed by atoms with Gasteiger partial charge in [0.15, 0.2) is 10.3 Å². The van der Waals surface area contributed by atoms with Crippen LogP contribution in [0.15, 0.2) is 29.8 Å². The summed E-state index contributed by atoms with van der Waals surface area (Å²) >= 11 is 7.25. The number of hydrogen-bond donors (Lipinski definition) is 1. The van der Waals surface area contributed by atoms with Gasteiger partial charge in [-0.1, -0.05) is 23.4 Å². The summed E-state index contributed by atoms with van der Waals surface area (Å²) in [5.41, 5.74) is 0.503. The lowest BCUT2D eigenvalue weighted by Crippen LogP contribution is -2.23. The van der Waals surface area contributed by atoms with Gasteiger partial charge in [0.05, 0.1) is 10.9 Å². The first kappa shape index (κ1) is 14.8. The zero-order chi connectivity index (χ0) is 14.5. The fraction of sp³-hybridized carbons (Fsp3) is 0.333. The summed E-state index contributed by atoms with van der Waals surface area (Å²) in [5, 5.41) is 11.2. The number of aromatic nitrogens is 4. The molecule has 0 aliphatic heterocycles. The normalized spacial score (nSPS) is 12.2. The van der Waals surface area contributed by atoms with Crippen molar-refractivity contribution in [2.75, 3.05) is 5.32 Å². The molecule has 1 atom stereocenters. The molecule has 0 saturated carbocycles. The lowest BCUT2D eigenvalue weighted by molar-refractivity contribution is -0.115. The van der Waals surface area contributed by atoms with E-state index in [0.717, 1.165) is 6.54 Å². The molecule has 8 heteroatoms. The molecule has 0 aromatic carbocycles. The van der Waals surface area contributed by atoms with Crippen molar-refractivity contribution in [1.82, 2.24) is 19.7 Å². The zero-order valence-corrected chi connectivity index (χ0v) is 12.6. The van der Waals surface area contributed by atoms with Crippen molar-refractivity contribution in [1.29, 1.82) is 0 Å². The Morgan fingerprint density at radius 1 is 1.60 bits per heavy atom. The molecule has 2 aromatic rings. The Bertz CT molecular complexity index is 603. The number of halogens is 1. The van der Waals surface area contributed by atoms with Crippen molar-refractivity contribution >= 4 is 35.0 Å². The zero-order valence-electron chi connectivity index (χ0n) is 11.1. The number of amides is 1. The Labute approximate surface area is 125 Å². The SMILES string of the molecule is CCn1cnnc1S[C@H](C)C(=O)Nc1cccnc1Cl. The minimum Gasteiger partial charge on any atom is -0.322 e. The predicted octanol–water partition coefficient (Wildman–Crippen LogP) is 2.47. The molecule has 0 bridgehead atoms. The lowest BCUT2D eigenvalue weighted by atomic mass is 10.4. The van der Waals surface area contributed by atoms with Crippen LogP contribution in [0.5, 0.6) is 0 Å². The second-order valence-electron chi connectivity index (χ2n) is 3.99. The molecule has 0 radical (unpaired) electrons. The summed E-state index contributed by atoms with van der Waals surface area (Å²) in [6.45, 7) is 4.56. The van der Waals surface area contributed by atoms with Crippen molar-refractivity contribution < 1.29 is 4.79 Å².